The molecule has 0 bridgehead atoms. The molecule has 0 aliphatic carbocycles. The van der Waals surface area contributed by atoms with Gasteiger partial charge in [0.05, 0.1) is 0 Å². The van der Waals surface area contributed by atoms with Crippen LogP contribution in [0.3, 0.4) is 0 Å². The van der Waals surface area contributed by atoms with Crippen molar-refractivity contribution in [3.05, 3.63) is 0 Å². The smallest absolute Gasteiger partial charge is 1.00 e. The summed E-state index contributed by atoms with van der Waals surface area (Å²) in [5.41, 5.74) is 0. The molecule has 0 saturated carbocycles. The van der Waals surface area contributed by atoms with Crippen molar-refractivity contribution in [1.29, 1.82) is 0 Å². The normalized spacial score (nSPS) is 0. The van der Waals surface area contributed by atoms with Crippen molar-refractivity contribution in [2.45, 2.75) is 0 Å². The van der Waals surface area contributed by atoms with E-state index >= 15 is 0 Å². The van der Waals surface area contributed by atoms with Gasteiger partial charge in [0.15, 0.2) is 0 Å². The molecule has 3 N–H and O–H groups in total. The van der Waals surface area contributed by atoms with E-state index < -0.39 is 0 Å². The Labute approximate surface area is 75.0 Å². The fraction of sp³-hybridized carbons (Fsp3) is 0. The maximum atomic E-state index is 0. The first kappa shape index (κ1) is 116. The Bertz CT molecular complexity index is 7.51. The third-order valence-corrected chi connectivity index (χ3v) is 0. The molecule has 0 aromatic heterocycles. The minimum Gasteiger partial charge on any atom is -1.00 e. The van der Waals surface area contributed by atoms with Crippen LogP contribution in [0.1, 0.15) is 0 Å². The van der Waals surface area contributed by atoms with E-state index in [2.05, 4.69) is 0 Å². The summed E-state index contributed by atoms with van der Waals surface area (Å²) >= 11 is 0. The number of halogens is 4. The van der Waals surface area contributed by atoms with Gasteiger partial charge in [-0.05, 0) is 0 Å². The fourth-order valence-corrected chi connectivity index (χ4v) is 0. The van der Waals surface area contributed by atoms with Gasteiger partial charge in [-0.15, -0.1) is 0 Å². The quantitative estimate of drug-likeness (QED) is 0.431. The summed E-state index contributed by atoms with van der Waals surface area (Å²) in [6, 6.07) is 0. The second-order valence-corrected chi connectivity index (χ2v) is 0. The first-order valence-corrected chi connectivity index (χ1v) is 0. The predicted molar refractivity (Wildman–Crippen MR) is 5.02 cm³/mol. The molecule has 0 heterocycles. The number of rotatable bonds is 0. The van der Waals surface area contributed by atoms with Crippen LogP contribution in [0.5, 0.6) is 0 Å². The van der Waals surface area contributed by atoms with Crippen LogP contribution in [0.4, 0.5) is 0 Å². The van der Waals surface area contributed by atoms with Gasteiger partial charge in [-0.2, -0.15) is 0 Å². The summed E-state index contributed by atoms with van der Waals surface area (Å²) in [6.07, 6.45) is 0. The molecule has 0 radical (unpaired) electrons. The van der Waals surface area contributed by atoms with E-state index in [0.29, 0.717) is 0 Å². The fourth-order valence-electron chi connectivity index (χ4n) is 0. The molecular formula is H3Cl4NRu. The van der Waals surface area contributed by atoms with Gasteiger partial charge < -0.3 is 55.8 Å². The Hall–Kier alpha value is 1.74. The first-order chi connectivity index (χ1) is 0. The summed E-state index contributed by atoms with van der Waals surface area (Å²) in [5, 5.41) is 0. The molecule has 6 heteroatoms. The van der Waals surface area contributed by atoms with Crippen LogP contribution in [0.25, 0.3) is 0 Å². The Morgan fingerprint density at radius 2 is 0.500 bits per heavy atom. The van der Waals surface area contributed by atoms with Crippen molar-refractivity contribution in [1.82, 2.24) is 6.15 Å². The summed E-state index contributed by atoms with van der Waals surface area (Å²) in [5.74, 6) is 0. The molecule has 0 rings (SSSR count). The molecule has 0 amide bonds. The van der Waals surface area contributed by atoms with Crippen LogP contribution in [0.15, 0.2) is 0 Å². The predicted octanol–water partition coefficient (Wildman–Crippen LogP) is -11.8. The van der Waals surface area contributed by atoms with Crippen LogP contribution in [0.2, 0.25) is 0 Å². The van der Waals surface area contributed by atoms with Gasteiger partial charge in [-0.1, -0.05) is 0 Å². The average Bonchev–Trinajstić information content (AvgIpc) is 0. The van der Waals surface area contributed by atoms with E-state index in [4.69, 9.17) is 0 Å². The van der Waals surface area contributed by atoms with Crippen molar-refractivity contribution >= 4 is 0 Å². The van der Waals surface area contributed by atoms with Crippen molar-refractivity contribution < 1.29 is 69.1 Å². The molecule has 6 heavy (non-hydrogen) atoms. The van der Waals surface area contributed by atoms with Crippen molar-refractivity contribution in [2.75, 3.05) is 0 Å². The number of hydrogen-bond donors (Lipinski definition) is 1. The molecule has 0 aromatic rings. The van der Waals surface area contributed by atoms with E-state index in [1.54, 1.807) is 0 Å². The monoisotopic (exact) mass is 259 g/mol. The minimum atomic E-state index is 0. The summed E-state index contributed by atoms with van der Waals surface area (Å²) in [4.78, 5) is 0. The van der Waals surface area contributed by atoms with Crippen LogP contribution < -0.4 is 55.8 Å². The average molecular weight is 260 g/mol. The van der Waals surface area contributed by atoms with Gasteiger partial charge in [0.25, 0.3) is 0 Å². The Kier molecular flexibility index (Phi) is 1410. The molecule has 0 fully saturated rings. The second-order valence-electron chi connectivity index (χ2n) is 0. The topological polar surface area (TPSA) is 35.0 Å². The van der Waals surface area contributed by atoms with E-state index in [0.717, 1.165) is 0 Å². The van der Waals surface area contributed by atoms with Crippen LogP contribution in [-0.4, -0.2) is 0 Å². The van der Waals surface area contributed by atoms with Gasteiger partial charge in [-0.25, -0.2) is 0 Å². The standard InChI is InChI=1S/4ClH.H3N.Ru/h4*1H;1H3;/q;;;;;+4/p-4. The van der Waals surface area contributed by atoms with Gasteiger partial charge in [0.2, 0.25) is 0 Å². The SMILES string of the molecule is N.[Cl-].[Cl-].[Cl-].[Cl-].[Ru+4]. The molecule has 0 unspecified atom stereocenters. The summed E-state index contributed by atoms with van der Waals surface area (Å²) in [6.45, 7) is 0. The van der Waals surface area contributed by atoms with Crippen molar-refractivity contribution in [2.24, 2.45) is 0 Å². The van der Waals surface area contributed by atoms with Gasteiger partial charge in [-0.3, -0.25) is 0 Å². The van der Waals surface area contributed by atoms with Gasteiger partial charge in [0, 0.05) is 0 Å². The molecule has 0 aliphatic rings. The maximum absolute atomic E-state index is 0. The molecule has 0 spiro atoms. The third kappa shape index (κ3) is 42.5. The molecule has 0 atom stereocenters. The van der Waals surface area contributed by atoms with E-state index in [1.807, 2.05) is 0 Å². The molecule has 0 saturated heterocycles. The minimum absolute atomic E-state index is 0. The number of hydrogen-bond acceptors (Lipinski definition) is 1. The van der Waals surface area contributed by atoms with Crippen molar-refractivity contribution in [3.63, 3.8) is 0 Å². The third-order valence-electron chi connectivity index (χ3n) is 0. The van der Waals surface area contributed by atoms with Gasteiger partial charge in [0.1, 0.15) is 0 Å². The summed E-state index contributed by atoms with van der Waals surface area (Å²) in [7, 11) is 0. The molecule has 1 nitrogen and oxygen atoms in total. The largest absolute Gasteiger partial charge is 4.00 e. The molecule has 0 aromatic carbocycles. The zero-order chi connectivity index (χ0) is 0. The van der Waals surface area contributed by atoms with Crippen LogP contribution in [-0.2, 0) is 19.5 Å². The second kappa shape index (κ2) is 73.2. The summed E-state index contributed by atoms with van der Waals surface area (Å²) < 4.78 is 0. The molecule has 0 aliphatic heterocycles. The van der Waals surface area contributed by atoms with E-state index in [1.165, 1.54) is 0 Å². The zero-order valence-electron chi connectivity index (χ0n) is 2.57. The zero-order valence-corrected chi connectivity index (χ0v) is 7.33. The Morgan fingerprint density at radius 3 is 0.500 bits per heavy atom. The Balaban J connectivity index is 0. The van der Waals surface area contributed by atoms with E-state index in [-0.39, 0.29) is 75.3 Å². The maximum Gasteiger partial charge on any atom is 4.00 e. The molecule has 44 valence electrons. The Morgan fingerprint density at radius 1 is 0.500 bits per heavy atom. The van der Waals surface area contributed by atoms with E-state index in [9.17, 15) is 0 Å². The van der Waals surface area contributed by atoms with Gasteiger partial charge >= 0.3 is 19.5 Å². The first-order valence-electron chi connectivity index (χ1n) is 0. The van der Waals surface area contributed by atoms with Crippen LogP contribution >= 0.6 is 0 Å². The van der Waals surface area contributed by atoms with Crippen molar-refractivity contribution in [3.8, 4) is 0 Å². The molecular weight excluding hydrogens is 257 g/mol. The van der Waals surface area contributed by atoms with Crippen LogP contribution in [0, 0.1) is 0 Å².